The molecular weight excluding hydrogens is 298 g/mol. The molecule has 0 radical (unpaired) electrons. The number of hydrogen-bond donors (Lipinski definition) is 1. The van der Waals surface area contributed by atoms with E-state index in [0.717, 1.165) is 6.07 Å². The van der Waals surface area contributed by atoms with Gasteiger partial charge in [-0.25, -0.2) is 13.4 Å². The largest absolute Gasteiger partial charge is 0.495 e. The molecule has 0 amide bonds. The normalized spacial score (nSPS) is 10.9. The highest BCUT2D eigenvalue weighted by atomic mass is 32.2. The molecule has 0 saturated heterocycles. The maximum absolute atomic E-state index is 12.1. The fraction of sp³-hybridized carbons (Fsp3) is 0.0833. The molecule has 0 fully saturated rings. The van der Waals surface area contributed by atoms with Crippen molar-refractivity contribution in [1.82, 2.24) is 4.98 Å². The van der Waals surface area contributed by atoms with Gasteiger partial charge in [-0.2, -0.15) is 0 Å². The molecule has 0 spiro atoms. The number of hydrogen-bond acceptors (Lipinski definition) is 6. The van der Waals surface area contributed by atoms with Gasteiger partial charge in [-0.1, -0.05) is 18.2 Å². The number of nitrogens with one attached hydrogen (secondary N) is 1. The second kappa shape index (κ2) is 5.75. The standard InChI is InChI=1S/C12H11N3O5S/c1-20-9-7-11(15(16)17)12(13-8-9)14-21(18,19)10-5-3-2-4-6-10/h2-8H,1H3,(H,13,14). The van der Waals surface area contributed by atoms with Gasteiger partial charge < -0.3 is 4.74 Å². The molecule has 1 N–H and O–H groups in total. The van der Waals surface area contributed by atoms with E-state index in [1.807, 2.05) is 0 Å². The van der Waals surface area contributed by atoms with Gasteiger partial charge in [0.2, 0.25) is 5.82 Å². The van der Waals surface area contributed by atoms with Crippen molar-refractivity contribution < 1.29 is 18.1 Å². The van der Waals surface area contributed by atoms with Gasteiger partial charge in [0.25, 0.3) is 10.0 Å². The van der Waals surface area contributed by atoms with Crippen LogP contribution >= 0.6 is 0 Å². The van der Waals surface area contributed by atoms with E-state index in [1.165, 1.54) is 25.4 Å². The average Bonchev–Trinajstić information content (AvgIpc) is 2.48. The van der Waals surface area contributed by atoms with Gasteiger partial charge in [-0.3, -0.25) is 14.8 Å². The molecule has 0 aliphatic rings. The number of benzene rings is 1. The third kappa shape index (κ3) is 3.26. The Labute approximate surface area is 120 Å². The van der Waals surface area contributed by atoms with Gasteiger partial charge in [0.1, 0.15) is 5.75 Å². The zero-order valence-electron chi connectivity index (χ0n) is 10.9. The number of sulfonamides is 1. The highest BCUT2D eigenvalue weighted by Gasteiger charge is 2.22. The minimum absolute atomic E-state index is 0.0167. The van der Waals surface area contributed by atoms with E-state index in [-0.39, 0.29) is 16.5 Å². The Morgan fingerprint density at radius 3 is 2.52 bits per heavy atom. The van der Waals surface area contributed by atoms with E-state index in [4.69, 9.17) is 4.74 Å². The average molecular weight is 309 g/mol. The summed E-state index contributed by atoms with van der Waals surface area (Å²) in [6.45, 7) is 0. The second-order valence-corrected chi connectivity index (χ2v) is 5.60. The Balaban J connectivity index is 2.42. The number of nitro groups is 1. The zero-order chi connectivity index (χ0) is 15.5. The molecule has 9 heteroatoms. The molecule has 21 heavy (non-hydrogen) atoms. The van der Waals surface area contributed by atoms with Crippen molar-refractivity contribution in [2.45, 2.75) is 4.90 Å². The first-order valence-electron chi connectivity index (χ1n) is 5.70. The summed E-state index contributed by atoms with van der Waals surface area (Å²) >= 11 is 0. The van der Waals surface area contributed by atoms with Crippen LogP contribution in [0.4, 0.5) is 11.5 Å². The van der Waals surface area contributed by atoms with Gasteiger partial charge in [0.15, 0.2) is 0 Å². The summed E-state index contributed by atoms with van der Waals surface area (Å²) in [4.78, 5) is 14.0. The molecule has 110 valence electrons. The van der Waals surface area contributed by atoms with E-state index in [2.05, 4.69) is 9.71 Å². The monoisotopic (exact) mass is 309 g/mol. The summed E-state index contributed by atoms with van der Waals surface area (Å²) in [7, 11) is -2.62. The smallest absolute Gasteiger partial charge is 0.316 e. The number of pyridine rings is 1. The number of aromatic nitrogens is 1. The summed E-state index contributed by atoms with van der Waals surface area (Å²) in [5, 5.41) is 11.0. The molecule has 1 aromatic carbocycles. The summed E-state index contributed by atoms with van der Waals surface area (Å²) in [5.74, 6) is -0.214. The van der Waals surface area contributed by atoms with Gasteiger partial charge in [0, 0.05) is 0 Å². The summed E-state index contributed by atoms with van der Waals surface area (Å²) < 4.78 is 31.2. The van der Waals surface area contributed by atoms with Crippen LogP contribution in [0.15, 0.2) is 47.5 Å². The Hall–Kier alpha value is -2.68. The quantitative estimate of drug-likeness (QED) is 0.666. The van der Waals surface area contributed by atoms with Crippen molar-refractivity contribution in [3.8, 4) is 5.75 Å². The van der Waals surface area contributed by atoms with Crippen molar-refractivity contribution in [2.75, 3.05) is 11.8 Å². The Kier molecular flexibility index (Phi) is 4.03. The van der Waals surface area contributed by atoms with Crippen molar-refractivity contribution in [2.24, 2.45) is 0 Å². The molecule has 0 bridgehead atoms. The zero-order valence-corrected chi connectivity index (χ0v) is 11.7. The van der Waals surface area contributed by atoms with Crippen LogP contribution in [0, 0.1) is 10.1 Å². The number of nitrogens with zero attached hydrogens (tertiary/aromatic N) is 2. The van der Waals surface area contributed by atoms with Crippen LogP contribution in [0.2, 0.25) is 0 Å². The van der Waals surface area contributed by atoms with Crippen LogP contribution in [0.3, 0.4) is 0 Å². The first kappa shape index (κ1) is 14.7. The lowest BCUT2D eigenvalue weighted by Crippen LogP contribution is -2.15. The summed E-state index contributed by atoms with van der Waals surface area (Å²) in [6, 6.07) is 8.59. The lowest BCUT2D eigenvalue weighted by Gasteiger charge is -2.08. The van der Waals surface area contributed by atoms with E-state index in [1.54, 1.807) is 18.2 Å². The topological polar surface area (TPSA) is 111 Å². The van der Waals surface area contributed by atoms with Crippen LogP contribution in [0.25, 0.3) is 0 Å². The molecule has 0 unspecified atom stereocenters. The van der Waals surface area contributed by atoms with Crippen LogP contribution in [-0.2, 0) is 10.0 Å². The minimum Gasteiger partial charge on any atom is -0.495 e. The molecule has 0 aliphatic heterocycles. The maximum atomic E-state index is 12.1. The lowest BCUT2D eigenvalue weighted by molar-refractivity contribution is -0.384. The first-order chi connectivity index (χ1) is 9.94. The maximum Gasteiger partial charge on any atom is 0.316 e. The van der Waals surface area contributed by atoms with Gasteiger partial charge in [-0.05, 0) is 12.1 Å². The fourth-order valence-corrected chi connectivity index (χ4v) is 2.60. The second-order valence-electron chi connectivity index (χ2n) is 3.92. The Morgan fingerprint density at radius 2 is 1.95 bits per heavy atom. The molecule has 0 atom stereocenters. The Bertz CT molecular complexity index is 762. The molecule has 2 rings (SSSR count). The molecule has 8 nitrogen and oxygen atoms in total. The highest BCUT2D eigenvalue weighted by Crippen LogP contribution is 2.28. The van der Waals surface area contributed by atoms with Crippen molar-refractivity contribution in [1.29, 1.82) is 0 Å². The summed E-state index contributed by atoms with van der Waals surface area (Å²) in [5.41, 5.74) is -0.492. The highest BCUT2D eigenvalue weighted by molar-refractivity contribution is 7.92. The van der Waals surface area contributed by atoms with E-state index in [0.29, 0.717) is 0 Å². The lowest BCUT2D eigenvalue weighted by atomic mass is 10.4. The SMILES string of the molecule is COc1cnc(NS(=O)(=O)c2ccccc2)c([N+](=O)[O-])c1. The van der Waals surface area contributed by atoms with Crippen molar-refractivity contribution >= 4 is 21.5 Å². The third-order valence-corrected chi connectivity index (χ3v) is 3.91. The molecule has 2 aromatic rings. The molecule has 0 aliphatic carbocycles. The van der Waals surface area contributed by atoms with Crippen LogP contribution in [0.5, 0.6) is 5.75 Å². The van der Waals surface area contributed by atoms with Gasteiger partial charge in [0.05, 0.1) is 29.2 Å². The predicted octanol–water partition coefficient (Wildman–Crippen LogP) is 1.80. The minimum atomic E-state index is -3.95. The van der Waals surface area contributed by atoms with Crippen LogP contribution in [-0.4, -0.2) is 25.4 Å². The van der Waals surface area contributed by atoms with Gasteiger partial charge >= 0.3 is 5.69 Å². The molecule has 1 aromatic heterocycles. The van der Waals surface area contributed by atoms with Crippen molar-refractivity contribution in [3.05, 3.63) is 52.7 Å². The fourth-order valence-electron chi connectivity index (χ4n) is 1.55. The van der Waals surface area contributed by atoms with Crippen LogP contribution in [0.1, 0.15) is 0 Å². The molecule has 1 heterocycles. The first-order valence-corrected chi connectivity index (χ1v) is 7.18. The number of ether oxygens (including phenoxy) is 1. The predicted molar refractivity (Wildman–Crippen MR) is 74.7 cm³/mol. The number of rotatable bonds is 5. The third-order valence-electron chi connectivity index (χ3n) is 2.56. The Morgan fingerprint density at radius 1 is 1.29 bits per heavy atom. The van der Waals surface area contributed by atoms with E-state index >= 15 is 0 Å². The number of methoxy groups -OCH3 is 1. The van der Waals surface area contributed by atoms with E-state index < -0.39 is 20.6 Å². The van der Waals surface area contributed by atoms with E-state index in [9.17, 15) is 18.5 Å². The van der Waals surface area contributed by atoms with Crippen molar-refractivity contribution in [3.63, 3.8) is 0 Å². The molecule has 0 saturated carbocycles. The van der Waals surface area contributed by atoms with Crippen LogP contribution < -0.4 is 9.46 Å². The van der Waals surface area contributed by atoms with Gasteiger partial charge in [-0.15, -0.1) is 0 Å². The summed E-state index contributed by atoms with van der Waals surface area (Å²) in [6.07, 6.45) is 1.19. The molecular formula is C12H11N3O5S. The number of anilines is 1.